The van der Waals surface area contributed by atoms with E-state index in [4.69, 9.17) is 9.05 Å². The standard InChI is InChI=1S/C12H20BrO2P/c1-4-14-16(5-2,6-3)15-12-9-7-11(13)8-10-12/h7-10,16H,4-6H2,1-3H3. The number of halogens is 1. The van der Waals surface area contributed by atoms with Crippen LogP contribution in [0.4, 0.5) is 0 Å². The van der Waals surface area contributed by atoms with Gasteiger partial charge in [-0.3, -0.25) is 0 Å². The van der Waals surface area contributed by atoms with Crippen LogP contribution in [0.1, 0.15) is 20.8 Å². The van der Waals surface area contributed by atoms with Crippen LogP contribution in [0, 0.1) is 0 Å². The van der Waals surface area contributed by atoms with E-state index in [-0.39, 0.29) is 0 Å². The van der Waals surface area contributed by atoms with Crippen molar-refractivity contribution in [2.75, 3.05) is 18.9 Å². The van der Waals surface area contributed by atoms with E-state index in [9.17, 15) is 0 Å². The average Bonchev–Trinajstić information content (AvgIpc) is 2.31. The summed E-state index contributed by atoms with van der Waals surface area (Å²) in [4.78, 5) is 0. The molecule has 0 saturated heterocycles. The molecule has 0 aliphatic carbocycles. The van der Waals surface area contributed by atoms with Crippen molar-refractivity contribution >= 4 is 23.6 Å². The summed E-state index contributed by atoms with van der Waals surface area (Å²) in [6.45, 7) is 7.04. The fourth-order valence-electron chi connectivity index (χ4n) is 1.61. The average molecular weight is 307 g/mol. The Labute approximate surface area is 107 Å². The SMILES string of the molecule is CCO[PH](CC)(CC)Oc1ccc(Br)cc1. The second kappa shape index (κ2) is 6.58. The quantitative estimate of drug-likeness (QED) is 0.721. The molecule has 92 valence electrons. The number of hydrogen-bond acceptors (Lipinski definition) is 2. The van der Waals surface area contributed by atoms with Crippen LogP contribution in [0.5, 0.6) is 5.75 Å². The Morgan fingerprint density at radius 3 is 2.06 bits per heavy atom. The molecule has 0 N–H and O–H groups in total. The van der Waals surface area contributed by atoms with E-state index in [1.54, 1.807) is 0 Å². The van der Waals surface area contributed by atoms with Gasteiger partial charge >= 0.3 is 107 Å². The number of rotatable bonds is 6. The van der Waals surface area contributed by atoms with Crippen molar-refractivity contribution in [2.24, 2.45) is 0 Å². The van der Waals surface area contributed by atoms with Gasteiger partial charge in [0.15, 0.2) is 0 Å². The first kappa shape index (κ1) is 14.0. The van der Waals surface area contributed by atoms with Gasteiger partial charge in [-0.2, -0.15) is 0 Å². The van der Waals surface area contributed by atoms with Crippen molar-refractivity contribution in [3.8, 4) is 5.75 Å². The number of benzene rings is 1. The van der Waals surface area contributed by atoms with Crippen molar-refractivity contribution in [2.45, 2.75) is 20.8 Å². The van der Waals surface area contributed by atoms with E-state index in [1.807, 2.05) is 31.2 Å². The van der Waals surface area contributed by atoms with Gasteiger partial charge in [-0.25, -0.2) is 0 Å². The first-order valence-electron chi connectivity index (χ1n) is 5.74. The van der Waals surface area contributed by atoms with Crippen LogP contribution < -0.4 is 4.52 Å². The summed E-state index contributed by atoms with van der Waals surface area (Å²) < 4.78 is 13.0. The molecule has 0 saturated carbocycles. The fourth-order valence-corrected chi connectivity index (χ4v) is 4.22. The molecule has 0 unspecified atom stereocenters. The number of hydrogen-bond donors (Lipinski definition) is 0. The summed E-state index contributed by atoms with van der Waals surface area (Å²) in [5.41, 5.74) is 0. The molecule has 16 heavy (non-hydrogen) atoms. The molecule has 0 radical (unpaired) electrons. The first-order chi connectivity index (χ1) is 7.65. The third kappa shape index (κ3) is 3.73. The Hall–Kier alpha value is -0.110. The molecular weight excluding hydrogens is 287 g/mol. The van der Waals surface area contributed by atoms with E-state index in [0.717, 1.165) is 29.2 Å². The van der Waals surface area contributed by atoms with Gasteiger partial charge in [0.2, 0.25) is 0 Å². The van der Waals surface area contributed by atoms with Crippen molar-refractivity contribution < 1.29 is 9.05 Å². The molecule has 2 nitrogen and oxygen atoms in total. The minimum absolute atomic E-state index is 0.727. The van der Waals surface area contributed by atoms with Crippen LogP contribution in [-0.4, -0.2) is 18.9 Å². The molecule has 0 aliphatic heterocycles. The summed E-state index contributed by atoms with van der Waals surface area (Å²) in [5, 5.41) is 0. The normalized spacial score (nSPS) is 12.5. The Bertz CT molecular complexity index is 309. The molecule has 0 aromatic heterocycles. The van der Waals surface area contributed by atoms with Crippen molar-refractivity contribution in [1.82, 2.24) is 0 Å². The molecule has 0 aliphatic rings. The fraction of sp³-hybridized carbons (Fsp3) is 0.500. The Balaban J connectivity index is 2.78. The molecule has 0 amide bonds. The molecule has 0 fully saturated rings. The van der Waals surface area contributed by atoms with E-state index in [2.05, 4.69) is 29.8 Å². The molecule has 1 aromatic carbocycles. The van der Waals surface area contributed by atoms with Crippen LogP contribution in [0.15, 0.2) is 28.7 Å². The van der Waals surface area contributed by atoms with Gasteiger partial charge in [0, 0.05) is 0 Å². The Morgan fingerprint density at radius 2 is 1.62 bits per heavy atom. The van der Waals surface area contributed by atoms with Crippen LogP contribution in [0.3, 0.4) is 0 Å². The van der Waals surface area contributed by atoms with Gasteiger partial charge < -0.3 is 0 Å². The van der Waals surface area contributed by atoms with Crippen molar-refractivity contribution in [3.05, 3.63) is 28.7 Å². The molecule has 0 heterocycles. The summed E-state index contributed by atoms with van der Waals surface area (Å²) in [5.74, 6) is 0.909. The summed E-state index contributed by atoms with van der Waals surface area (Å²) in [7, 11) is -2.02. The molecule has 1 aromatic rings. The second-order valence-electron chi connectivity index (χ2n) is 3.61. The zero-order valence-electron chi connectivity index (χ0n) is 10.1. The van der Waals surface area contributed by atoms with Gasteiger partial charge in [-0.15, -0.1) is 0 Å². The predicted molar refractivity (Wildman–Crippen MR) is 75.8 cm³/mol. The van der Waals surface area contributed by atoms with Crippen molar-refractivity contribution in [3.63, 3.8) is 0 Å². The van der Waals surface area contributed by atoms with Gasteiger partial charge in [0.25, 0.3) is 0 Å². The second-order valence-corrected chi connectivity index (χ2v) is 8.25. The van der Waals surface area contributed by atoms with E-state index in [0.29, 0.717) is 0 Å². The Morgan fingerprint density at radius 1 is 1.06 bits per heavy atom. The maximum absolute atomic E-state index is 6.09. The van der Waals surface area contributed by atoms with Gasteiger partial charge in [-0.05, 0) is 0 Å². The third-order valence-corrected chi connectivity index (χ3v) is 6.71. The topological polar surface area (TPSA) is 18.5 Å². The third-order valence-electron chi connectivity index (χ3n) is 2.60. The molecular formula is C12H20BrO2P. The van der Waals surface area contributed by atoms with Crippen LogP contribution in [0.2, 0.25) is 0 Å². The molecule has 4 heteroatoms. The summed E-state index contributed by atoms with van der Waals surface area (Å²) in [6, 6.07) is 7.95. The first-order valence-corrected chi connectivity index (χ1v) is 8.76. The summed E-state index contributed by atoms with van der Waals surface area (Å²) >= 11 is 3.41. The van der Waals surface area contributed by atoms with Gasteiger partial charge in [0.05, 0.1) is 0 Å². The van der Waals surface area contributed by atoms with Crippen LogP contribution in [-0.2, 0) is 4.52 Å². The minimum atomic E-state index is -2.02. The molecule has 0 atom stereocenters. The zero-order chi connectivity index (χ0) is 12.0. The van der Waals surface area contributed by atoms with Crippen LogP contribution >= 0.6 is 23.6 Å². The van der Waals surface area contributed by atoms with Gasteiger partial charge in [-0.1, -0.05) is 0 Å². The zero-order valence-corrected chi connectivity index (χ0v) is 12.7. The van der Waals surface area contributed by atoms with Crippen molar-refractivity contribution in [1.29, 1.82) is 0 Å². The predicted octanol–water partition coefficient (Wildman–Crippen LogP) is 4.48. The molecule has 0 spiro atoms. The van der Waals surface area contributed by atoms with Crippen LogP contribution in [0.25, 0.3) is 0 Å². The van der Waals surface area contributed by atoms with Gasteiger partial charge in [0.1, 0.15) is 0 Å². The van der Waals surface area contributed by atoms with E-state index < -0.39 is 7.72 Å². The maximum atomic E-state index is 6.09. The Kier molecular flexibility index (Phi) is 5.74. The van der Waals surface area contributed by atoms with E-state index >= 15 is 0 Å². The molecule has 1 rings (SSSR count). The van der Waals surface area contributed by atoms with E-state index in [1.165, 1.54) is 0 Å². The molecule has 0 bridgehead atoms. The summed E-state index contributed by atoms with van der Waals surface area (Å²) in [6.07, 6.45) is 1.96. The monoisotopic (exact) mass is 306 g/mol.